The van der Waals surface area contributed by atoms with Crippen LogP contribution >= 0.6 is 0 Å². The molecule has 0 bridgehead atoms. The molecule has 1 rings (SSSR count). The van der Waals surface area contributed by atoms with Gasteiger partial charge in [-0.1, -0.05) is 25.9 Å². The maximum absolute atomic E-state index is 8.68. The first kappa shape index (κ1) is 15.4. The summed E-state index contributed by atoms with van der Waals surface area (Å²) in [6, 6.07) is 0. The Morgan fingerprint density at radius 1 is 1.58 bits per heavy atom. The van der Waals surface area contributed by atoms with E-state index >= 15 is 0 Å². The van der Waals surface area contributed by atoms with Crippen LogP contribution in [0.4, 0.5) is 0 Å². The molecule has 0 radical (unpaired) electrons. The number of nitrogens with zero attached hydrogens (tertiary/aromatic N) is 5. The Morgan fingerprint density at radius 2 is 2.32 bits per heavy atom. The SMILES string of the molecule is CCCn1ncnc1CN(CC)CC(C)C(N)=NO. The zero-order valence-electron chi connectivity index (χ0n) is 12.0. The number of amidine groups is 1. The number of nitrogens with two attached hydrogens (primary N) is 1. The fourth-order valence-corrected chi connectivity index (χ4v) is 1.89. The fraction of sp³-hybridized carbons (Fsp3) is 0.750. The van der Waals surface area contributed by atoms with Crippen molar-refractivity contribution in [3.05, 3.63) is 12.2 Å². The standard InChI is InChI=1S/C12H24N6O/c1-4-6-18-11(14-9-15-18)8-17(5-2)7-10(3)12(13)16-19/h9-10,19H,4-8H2,1-3H3,(H2,13,16). The molecule has 1 heterocycles. The van der Waals surface area contributed by atoms with Gasteiger partial charge in [0.05, 0.1) is 6.54 Å². The molecular weight excluding hydrogens is 244 g/mol. The summed E-state index contributed by atoms with van der Waals surface area (Å²) < 4.78 is 1.93. The Kier molecular flexibility index (Phi) is 6.27. The third kappa shape index (κ3) is 4.51. The molecule has 0 aromatic carbocycles. The molecule has 7 nitrogen and oxygen atoms in total. The molecule has 0 fully saturated rings. The summed E-state index contributed by atoms with van der Waals surface area (Å²) in [6.45, 7) is 9.34. The second-order valence-corrected chi connectivity index (χ2v) is 4.65. The maximum atomic E-state index is 8.68. The molecule has 0 aliphatic rings. The van der Waals surface area contributed by atoms with Crippen molar-refractivity contribution in [2.75, 3.05) is 13.1 Å². The average molecular weight is 268 g/mol. The molecule has 0 aliphatic carbocycles. The van der Waals surface area contributed by atoms with Crippen molar-refractivity contribution in [1.82, 2.24) is 19.7 Å². The van der Waals surface area contributed by atoms with Crippen LogP contribution in [0.1, 0.15) is 33.0 Å². The van der Waals surface area contributed by atoms with Gasteiger partial charge >= 0.3 is 0 Å². The van der Waals surface area contributed by atoms with Crippen molar-refractivity contribution in [2.45, 2.75) is 40.3 Å². The second-order valence-electron chi connectivity index (χ2n) is 4.65. The molecule has 0 spiro atoms. The molecule has 1 aromatic heterocycles. The Labute approximate surface area is 114 Å². The van der Waals surface area contributed by atoms with Gasteiger partial charge in [-0.15, -0.1) is 0 Å². The second kappa shape index (κ2) is 7.73. The average Bonchev–Trinajstić information content (AvgIpc) is 2.84. The van der Waals surface area contributed by atoms with Crippen molar-refractivity contribution >= 4 is 5.84 Å². The first-order valence-corrected chi connectivity index (χ1v) is 6.68. The highest BCUT2D eigenvalue weighted by atomic mass is 16.4. The van der Waals surface area contributed by atoms with E-state index in [0.717, 1.165) is 38.4 Å². The van der Waals surface area contributed by atoms with E-state index in [1.54, 1.807) is 6.33 Å². The normalized spacial score (nSPS) is 14.0. The van der Waals surface area contributed by atoms with Gasteiger partial charge in [-0.05, 0) is 13.0 Å². The minimum atomic E-state index is 0.00694. The molecule has 3 N–H and O–H groups in total. The van der Waals surface area contributed by atoms with E-state index in [2.05, 4.69) is 34.0 Å². The minimum absolute atomic E-state index is 0.00694. The van der Waals surface area contributed by atoms with E-state index in [-0.39, 0.29) is 11.8 Å². The van der Waals surface area contributed by atoms with E-state index < -0.39 is 0 Å². The number of hydrogen-bond donors (Lipinski definition) is 2. The first-order chi connectivity index (χ1) is 9.12. The van der Waals surface area contributed by atoms with Gasteiger partial charge in [-0.3, -0.25) is 4.90 Å². The highest BCUT2D eigenvalue weighted by molar-refractivity contribution is 5.82. The van der Waals surface area contributed by atoms with E-state index in [0.29, 0.717) is 0 Å². The van der Waals surface area contributed by atoms with Gasteiger partial charge < -0.3 is 10.9 Å². The number of rotatable bonds is 8. The number of aromatic nitrogens is 3. The lowest BCUT2D eigenvalue weighted by Gasteiger charge is -2.23. The molecule has 1 aromatic rings. The lowest BCUT2D eigenvalue weighted by molar-refractivity contribution is 0.247. The summed E-state index contributed by atoms with van der Waals surface area (Å²) in [6.07, 6.45) is 2.62. The van der Waals surface area contributed by atoms with Gasteiger partial charge in [0.15, 0.2) is 0 Å². The molecule has 0 saturated carbocycles. The quantitative estimate of drug-likeness (QED) is 0.316. The first-order valence-electron chi connectivity index (χ1n) is 6.68. The van der Waals surface area contributed by atoms with Crippen LogP contribution in [0.2, 0.25) is 0 Å². The minimum Gasteiger partial charge on any atom is -0.409 e. The van der Waals surface area contributed by atoms with E-state index in [9.17, 15) is 0 Å². The van der Waals surface area contributed by atoms with Crippen LogP contribution in [0.5, 0.6) is 0 Å². The van der Waals surface area contributed by atoms with Crippen molar-refractivity contribution in [3.8, 4) is 0 Å². The van der Waals surface area contributed by atoms with Gasteiger partial charge in [-0.2, -0.15) is 5.10 Å². The van der Waals surface area contributed by atoms with Gasteiger partial charge in [0.25, 0.3) is 0 Å². The van der Waals surface area contributed by atoms with Gasteiger partial charge in [0, 0.05) is 19.0 Å². The number of aryl methyl sites for hydroxylation is 1. The zero-order valence-corrected chi connectivity index (χ0v) is 12.0. The predicted octanol–water partition coefficient (Wildman–Crippen LogP) is 0.893. The highest BCUT2D eigenvalue weighted by Crippen LogP contribution is 2.06. The van der Waals surface area contributed by atoms with Crippen LogP contribution < -0.4 is 5.73 Å². The summed E-state index contributed by atoms with van der Waals surface area (Å²) in [5.74, 6) is 1.22. The summed E-state index contributed by atoms with van der Waals surface area (Å²) in [4.78, 5) is 6.50. The molecule has 0 aliphatic heterocycles. The molecule has 0 saturated heterocycles. The van der Waals surface area contributed by atoms with Gasteiger partial charge in [0.1, 0.15) is 18.0 Å². The Balaban J connectivity index is 2.63. The maximum Gasteiger partial charge on any atom is 0.143 e. The van der Waals surface area contributed by atoms with E-state index in [1.807, 2.05) is 11.6 Å². The van der Waals surface area contributed by atoms with Crippen LogP contribution in [0, 0.1) is 5.92 Å². The number of hydrogen-bond acceptors (Lipinski definition) is 5. The third-order valence-corrected chi connectivity index (χ3v) is 3.10. The molecule has 1 unspecified atom stereocenters. The molecule has 7 heteroatoms. The van der Waals surface area contributed by atoms with Gasteiger partial charge in [0.2, 0.25) is 0 Å². The summed E-state index contributed by atoms with van der Waals surface area (Å²) in [5, 5.41) is 15.9. The Bertz CT molecular complexity index is 403. The largest absolute Gasteiger partial charge is 0.409 e. The van der Waals surface area contributed by atoms with Crippen LogP contribution in [-0.2, 0) is 13.1 Å². The summed E-state index contributed by atoms with van der Waals surface area (Å²) in [7, 11) is 0. The smallest absolute Gasteiger partial charge is 0.143 e. The van der Waals surface area contributed by atoms with Crippen molar-refractivity contribution in [2.24, 2.45) is 16.8 Å². The zero-order chi connectivity index (χ0) is 14.3. The van der Waals surface area contributed by atoms with E-state index in [4.69, 9.17) is 10.9 Å². The Morgan fingerprint density at radius 3 is 2.89 bits per heavy atom. The molecule has 19 heavy (non-hydrogen) atoms. The summed E-state index contributed by atoms with van der Waals surface area (Å²) >= 11 is 0. The van der Waals surface area contributed by atoms with Crippen molar-refractivity contribution in [3.63, 3.8) is 0 Å². The van der Waals surface area contributed by atoms with Gasteiger partial charge in [-0.25, -0.2) is 9.67 Å². The topological polar surface area (TPSA) is 92.6 Å². The monoisotopic (exact) mass is 268 g/mol. The van der Waals surface area contributed by atoms with Crippen molar-refractivity contribution < 1.29 is 5.21 Å². The lowest BCUT2D eigenvalue weighted by Crippen LogP contribution is -2.35. The third-order valence-electron chi connectivity index (χ3n) is 3.10. The lowest BCUT2D eigenvalue weighted by atomic mass is 10.1. The van der Waals surface area contributed by atoms with Crippen LogP contribution in [0.25, 0.3) is 0 Å². The van der Waals surface area contributed by atoms with Crippen LogP contribution in [0.3, 0.4) is 0 Å². The fourth-order valence-electron chi connectivity index (χ4n) is 1.89. The molecule has 0 amide bonds. The molecular formula is C12H24N6O. The van der Waals surface area contributed by atoms with Crippen LogP contribution in [-0.4, -0.2) is 43.8 Å². The predicted molar refractivity (Wildman–Crippen MR) is 73.8 cm³/mol. The molecule has 1 atom stereocenters. The number of oxime groups is 1. The highest BCUT2D eigenvalue weighted by Gasteiger charge is 2.15. The Hall–Kier alpha value is -1.63. The van der Waals surface area contributed by atoms with Crippen LogP contribution in [0.15, 0.2) is 11.5 Å². The van der Waals surface area contributed by atoms with E-state index in [1.165, 1.54) is 0 Å². The van der Waals surface area contributed by atoms with Crippen molar-refractivity contribution in [1.29, 1.82) is 0 Å². The molecule has 108 valence electrons. The summed E-state index contributed by atoms with van der Waals surface area (Å²) in [5.41, 5.74) is 5.61.